The van der Waals surface area contributed by atoms with Crippen molar-refractivity contribution in [3.8, 4) is 0 Å². The van der Waals surface area contributed by atoms with Gasteiger partial charge in [0.15, 0.2) is 5.78 Å². The molecule has 0 aliphatic carbocycles. The van der Waals surface area contributed by atoms with Crippen LogP contribution in [0.25, 0.3) is 0 Å². The molecule has 7 heteroatoms. The molecule has 0 spiro atoms. The number of likely N-dealkylation sites (N-methyl/N-ethyl adjacent to an activating group) is 1. The van der Waals surface area contributed by atoms with Gasteiger partial charge in [-0.15, -0.1) is 0 Å². The number of hydrogen-bond donors (Lipinski definition) is 1. The van der Waals surface area contributed by atoms with Gasteiger partial charge in [0.2, 0.25) is 0 Å². The minimum absolute atomic E-state index is 0. The molecule has 1 atom stereocenters. The van der Waals surface area contributed by atoms with Gasteiger partial charge in [-0.2, -0.15) is 8.42 Å². The summed E-state index contributed by atoms with van der Waals surface area (Å²) in [5.74, 6) is -0.987. The maximum Gasteiger partial charge on any atom is 0.266 e. The van der Waals surface area contributed by atoms with Gasteiger partial charge >= 0.3 is 0 Å². The Bertz CT molecular complexity index is 337. The van der Waals surface area contributed by atoms with Crippen molar-refractivity contribution in [2.45, 2.75) is 13.0 Å². The number of rotatable bonds is 5. The van der Waals surface area contributed by atoms with Crippen molar-refractivity contribution in [3.05, 3.63) is 12.2 Å². The zero-order valence-electron chi connectivity index (χ0n) is 9.52. The molecule has 0 aromatic carbocycles. The predicted molar refractivity (Wildman–Crippen MR) is 59.5 cm³/mol. The molecule has 0 bridgehead atoms. The Morgan fingerprint density at radius 3 is 2.07 bits per heavy atom. The summed E-state index contributed by atoms with van der Waals surface area (Å²) in [5, 5.41) is 0. The van der Waals surface area contributed by atoms with Crippen LogP contribution >= 0.6 is 0 Å². The molecule has 0 aromatic rings. The second-order valence-corrected chi connectivity index (χ2v) is 4.87. The first kappa shape index (κ1) is 17.7. The quantitative estimate of drug-likeness (QED) is 0.403. The minimum atomic E-state index is -4.15. The Labute approximate surface area is 113 Å². The van der Waals surface area contributed by atoms with E-state index in [1.54, 1.807) is 14.1 Å². The first-order valence-electron chi connectivity index (χ1n) is 3.96. The van der Waals surface area contributed by atoms with Crippen molar-refractivity contribution in [1.82, 2.24) is 4.90 Å². The smallest absolute Gasteiger partial charge is 0.266 e. The van der Waals surface area contributed by atoms with E-state index in [2.05, 4.69) is 6.58 Å². The topological polar surface area (TPSA) is 74.7 Å². The summed E-state index contributed by atoms with van der Waals surface area (Å²) in [6, 6.07) is -0.873. The van der Waals surface area contributed by atoms with Gasteiger partial charge in [0.1, 0.15) is 0 Å². The van der Waals surface area contributed by atoms with E-state index < -0.39 is 21.9 Å². The summed E-state index contributed by atoms with van der Waals surface area (Å²) in [4.78, 5) is 12.9. The Balaban J connectivity index is 0. The zero-order valence-corrected chi connectivity index (χ0v) is 12.3. The van der Waals surface area contributed by atoms with E-state index in [1.807, 2.05) is 0 Å². The van der Waals surface area contributed by atoms with E-state index in [0.717, 1.165) is 0 Å². The van der Waals surface area contributed by atoms with Crippen molar-refractivity contribution >= 4 is 45.5 Å². The van der Waals surface area contributed by atoms with E-state index in [-0.39, 0.29) is 40.9 Å². The molecule has 1 N–H and O–H groups in total. The number of nitrogens with zero attached hydrogens (tertiary/aromatic N) is 1. The van der Waals surface area contributed by atoms with Gasteiger partial charge < -0.3 is 0 Å². The standard InChI is InChI=1S/C8H15NO4S.Na/c1-6(2)8(10)7(9(3)4)5-14(11,12)13;/h7H,1,5H2,2-4H3,(H,11,12,13);. The molecule has 0 aliphatic heterocycles. The van der Waals surface area contributed by atoms with Gasteiger partial charge in [-0.05, 0) is 26.6 Å². The van der Waals surface area contributed by atoms with Crippen molar-refractivity contribution in [3.63, 3.8) is 0 Å². The predicted octanol–water partition coefficient (Wildman–Crippen LogP) is -0.431. The van der Waals surface area contributed by atoms with Gasteiger partial charge in [-0.25, -0.2) is 0 Å². The van der Waals surface area contributed by atoms with E-state index in [0.29, 0.717) is 0 Å². The number of ketones is 1. The molecule has 0 heterocycles. The Morgan fingerprint density at radius 1 is 1.47 bits per heavy atom. The Kier molecular flexibility index (Phi) is 7.98. The first-order chi connectivity index (χ1) is 6.15. The molecule has 1 unspecified atom stereocenters. The van der Waals surface area contributed by atoms with Crippen LogP contribution in [0, 0.1) is 0 Å². The van der Waals surface area contributed by atoms with Crippen molar-refractivity contribution in [2.75, 3.05) is 19.8 Å². The van der Waals surface area contributed by atoms with E-state index in [9.17, 15) is 13.2 Å². The molecular formula is C8H15NNaO4S. The van der Waals surface area contributed by atoms with E-state index >= 15 is 0 Å². The normalized spacial score (nSPS) is 13.1. The van der Waals surface area contributed by atoms with E-state index in [1.165, 1.54) is 11.8 Å². The average Bonchev–Trinajstić information content (AvgIpc) is 1.96. The minimum Gasteiger partial charge on any atom is -0.299 e. The van der Waals surface area contributed by atoms with Crippen LogP contribution in [0.3, 0.4) is 0 Å². The van der Waals surface area contributed by atoms with Crippen LogP contribution in [0.1, 0.15) is 6.92 Å². The molecule has 0 rings (SSSR count). The molecule has 0 fully saturated rings. The molecule has 15 heavy (non-hydrogen) atoms. The maximum absolute atomic E-state index is 11.4. The maximum atomic E-state index is 11.4. The summed E-state index contributed by atoms with van der Waals surface area (Å²) >= 11 is 0. The summed E-state index contributed by atoms with van der Waals surface area (Å²) in [7, 11) is -1.02. The average molecular weight is 244 g/mol. The molecule has 0 saturated carbocycles. The van der Waals surface area contributed by atoms with Crippen LogP contribution in [0.4, 0.5) is 0 Å². The monoisotopic (exact) mass is 244 g/mol. The van der Waals surface area contributed by atoms with Gasteiger partial charge in [0.25, 0.3) is 10.1 Å². The Morgan fingerprint density at radius 2 is 1.87 bits per heavy atom. The molecule has 1 radical (unpaired) electrons. The number of hydrogen-bond acceptors (Lipinski definition) is 4. The number of carbonyl (C=O) groups is 1. The van der Waals surface area contributed by atoms with Gasteiger partial charge in [-0.1, -0.05) is 6.58 Å². The van der Waals surface area contributed by atoms with Crippen molar-refractivity contribution in [2.24, 2.45) is 0 Å². The SMILES string of the molecule is C=C(C)C(=O)C(CS(=O)(=O)O)N(C)C.[Na]. The summed E-state index contributed by atoms with van der Waals surface area (Å²) < 4.78 is 29.9. The van der Waals surface area contributed by atoms with Gasteiger partial charge in [0, 0.05) is 29.6 Å². The Hall–Kier alpha value is 0.280. The molecule has 0 aromatic heterocycles. The molecule has 0 aliphatic rings. The largest absolute Gasteiger partial charge is 0.299 e. The number of Topliss-reactive ketones (excluding diaryl/α,β-unsaturated/α-hetero) is 1. The third-order valence-corrected chi connectivity index (χ3v) is 2.45. The fourth-order valence-corrected chi connectivity index (χ4v) is 1.79. The zero-order chi connectivity index (χ0) is 11.5. The fraction of sp³-hybridized carbons (Fsp3) is 0.625. The van der Waals surface area contributed by atoms with Gasteiger partial charge in [0.05, 0.1) is 11.8 Å². The van der Waals surface area contributed by atoms with E-state index in [4.69, 9.17) is 4.55 Å². The summed E-state index contributed by atoms with van der Waals surface area (Å²) in [6.07, 6.45) is 0. The first-order valence-corrected chi connectivity index (χ1v) is 5.57. The molecule has 0 saturated heterocycles. The van der Waals surface area contributed by atoms with Gasteiger partial charge in [-0.3, -0.25) is 14.2 Å². The second kappa shape index (κ2) is 6.78. The third kappa shape index (κ3) is 7.21. The number of carbonyl (C=O) groups excluding carboxylic acids is 1. The van der Waals surface area contributed by atoms with Crippen LogP contribution in [0.15, 0.2) is 12.2 Å². The molecule has 0 amide bonds. The van der Waals surface area contributed by atoms with Crippen LogP contribution < -0.4 is 0 Å². The van der Waals surface area contributed by atoms with Crippen molar-refractivity contribution in [1.29, 1.82) is 0 Å². The van der Waals surface area contributed by atoms with Crippen LogP contribution in [0.2, 0.25) is 0 Å². The molecule has 83 valence electrons. The fourth-order valence-electron chi connectivity index (χ4n) is 0.943. The van der Waals surface area contributed by atoms with Crippen molar-refractivity contribution < 1.29 is 17.8 Å². The van der Waals surface area contributed by atoms with Crippen LogP contribution in [-0.2, 0) is 14.9 Å². The third-order valence-electron chi connectivity index (χ3n) is 1.72. The second-order valence-electron chi connectivity index (χ2n) is 3.37. The van der Waals surface area contributed by atoms with Crippen LogP contribution in [0.5, 0.6) is 0 Å². The summed E-state index contributed by atoms with van der Waals surface area (Å²) in [6.45, 7) is 4.94. The molecule has 5 nitrogen and oxygen atoms in total. The molecular weight excluding hydrogens is 229 g/mol. The van der Waals surface area contributed by atoms with Crippen LogP contribution in [-0.4, -0.2) is 79.1 Å². The summed E-state index contributed by atoms with van der Waals surface area (Å²) in [5.41, 5.74) is 0.271.